The predicted octanol–water partition coefficient (Wildman–Crippen LogP) is 2.37. The van der Waals surface area contributed by atoms with E-state index in [-0.39, 0.29) is 11.0 Å². The van der Waals surface area contributed by atoms with Gasteiger partial charge in [-0.25, -0.2) is 4.98 Å². The minimum absolute atomic E-state index is 0.204. The molecule has 0 atom stereocenters. The summed E-state index contributed by atoms with van der Waals surface area (Å²) in [5.41, 5.74) is 1.85. The Kier molecular flexibility index (Phi) is 9.69. The molecule has 0 aliphatic rings. The fraction of sp³-hybridized carbons (Fsp3) is 0.208. The highest BCUT2D eigenvalue weighted by atomic mass is 35.5. The van der Waals surface area contributed by atoms with E-state index in [4.69, 9.17) is 21.1 Å². The Morgan fingerprint density at radius 3 is 2.51 bits per heavy atom. The average molecular weight is 527 g/mol. The highest BCUT2D eigenvalue weighted by Crippen LogP contribution is 2.38. The Labute approximate surface area is 220 Å². The Morgan fingerprint density at radius 2 is 1.89 bits per heavy atom. The highest BCUT2D eigenvalue weighted by Gasteiger charge is 2.16. The minimum Gasteiger partial charge on any atom is -0.494 e. The summed E-state index contributed by atoms with van der Waals surface area (Å²) in [5, 5.41) is 27.7. The van der Waals surface area contributed by atoms with Crippen LogP contribution < -0.4 is 30.9 Å². The van der Waals surface area contributed by atoms with Crippen molar-refractivity contribution in [3.05, 3.63) is 60.3 Å². The Bertz CT molecular complexity index is 1240. The van der Waals surface area contributed by atoms with Crippen molar-refractivity contribution in [2.75, 3.05) is 50.3 Å². The van der Waals surface area contributed by atoms with Crippen molar-refractivity contribution in [2.45, 2.75) is 0 Å². The maximum Gasteiger partial charge on any atom is 0.488 e. The normalized spacial score (nSPS) is 10.6. The molecule has 0 unspecified atom stereocenters. The van der Waals surface area contributed by atoms with Crippen LogP contribution in [-0.2, 0) is 4.79 Å². The number of carbonyl (C=O) groups excluding carboxylic acids is 1. The van der Waals surface area contributed by atoms with Crippen LogP contribution in [0.1, 0.15) is 0 Å². The van der Waals surface area contributed by atoms with Gasteiger partial charge in [0.25, 0.3) is 0 Å². The molecule has 37 heavy (non-hydrogen) atoms. The number of rotatable bonds is 12. The quantitative estimate of drug-likeness (QED) is 0.176. The number of hydrogen-bond acceptors (Lipinski definition) is 10. The molecule has 2 aromatic carbocycles. The van der Waals surface area contributed by atoms with Crippen LogP contribution in [0.25, 0.3) is 0 Å². The molecule has 3 rings (SSSR count). The highest BCUT2D eigenvalue weighted by molar-refractivity contribution is 6.58. The smallest absolute Gasteiger partial charge is 0.488 e. The first kappa shape index (κ1) is 27.7. The molecular weight excluding hydrogens is 499 g/mol. The second-order valence-corrected chi connectivity index (χ2v) is 8.44. The molecule has 0 saturated heterocycles. The number of nitrogens with one attached hydrogen (secondary N) is 3. The molecule has 11 nitrogen and oxygen atoms in total. The van der Waals surface area contributed by atoms with Gasteiger partial charge < -0.3 is 40.4 Å². The van der Waals surface area contributed by atoms with Crippen molar-refractivity contribution in [1.29, 1.82) is 0 Å². The Hall–Kier alpha value is -3.84. The summed E-state index contributed by atoms with van der Waals surface area (Å²) in [7, 11) is 3.81. The zero-order chi connectivity index (χ0) is 26.9. The lowest BCUT2D eigenvalue weighted by Gasteiger charge is -2.18. The van der Waals surface area contributed by atoms with E-state index in [2.05, 4.69) is 32.5 Å². The van der Waals surface area contributed by atoms with Crippen molar-refractivity contribution in [3.63, 3.8) is 0 Å². The largest absolute Gasteiger partial charge is 0.494 e. The van der Waals surface area contributed by atoms with E-state index in [1.54, 1.807) is 36.4 Å². The van der Waals surface area contributed by atoms with Crippen molar-refractivity contribution in [3.8, 4) is 11.5 Å². The van der Waals surface area contributed by atoms with Gasteiger partial charge in [-0.2, -0.15) is 4.98 Å². The molecule has 0 aliphatic carbocycles. The topological polar surface area (TPSA) is 141 Å². The van der Waals surface area contributed by atoms with Crippen LogP contribution in [0.15, 0.2) is 55.3 Å². The molecule has 0 aliphatic heterocycles. The number of anilines is 5. The number of amides is 1. The summed E-state index contributed by atoms with van der Waals surface area (Å²) in [5.74, 6) is 0.981. The van der Waals surface area contributed by atoms with Crippen LogP contribution in [0.5, 0.6) is 11.5 Å². The molecule has 1 aromatic heterocycles. The number of methoxy groups -OCH3 is 1. The van der Waals surface area contributed by atoms with Crippen LogP contribution in [0.2, 0.25) is 5.02 Å². The van der Waals surface area contributed by atoms with E-state index in [0.29, 0.717) is 53.0 Å². The summed E-state index contributed by atoms with van der Waals surface area (Å²) in [6.45, 7) is 4.57. The van der Waals surface area contributed by atoms with E-state index in [1.807, 2.05) is 19.0 Å². The van der Waals surface area contributed by atoms with Gasteiger partial charge in [0.1, 0.15) is 23.1 Å². The minimum atomic E-state index is -1.56. The van der Waals surface area contributed by atoms with Crippen molar-refractivity contribution in [1.82, 2.24) is 14.9 Å². The van der Waals surface area contributed by atoms with Crippen LogP contribution in [0.3, 0.4) is 0 Å². The number of halogens is 1. The molecule has 1 heterocycles. The zero-order valence-corrected chi connectivity index (χ0v) is 21.4. The first-order valence-electron chi connectivity index (χ1n) is 11.2. The monoisotopic (exact) mass is 526 g/mol. The number of carbonyl (C=O) groups is 1. The maximum atomic E-state index is 12.0. The summed E-state index contributed by atoms with van der Waals surface area (Å²) >= 11 is 6.28. The second kappa shape index (κ2) is 12.9. The Balaban J connectivity index is 1.88. The molecule has 0 fully saturated rings. The van der Waals surface area contributed by atoms with Gasteiger partial charge in [0.15, 0.2) is 5.82 Å². The number of ether oxygens (including phenoxy) is 2. The molecule has 0 spiro atoms. The van der Waals surface area contributed by atoms with Gasteiger partial charge in [-0.15, -0.1) is 0 Å². The molecule has 0 radical (unpaired) electrons. The first-order valence-corrected chi connectivity index (χ1v) is 11.5. The average Bonchev–Trinajstić information content (AvgIpc) is 2.87. The van der Waals surface area contributed by atoms with Gasteiger partial charge in [-0.05, 0) is 43.8 Å². The fourth-order valence-corrected chi connectivity index (χ4v) is 3.22. The fourth-order valence-electron chi connectivity index (χ4n) is 3.08. The van der Waals surface area contributed by atoms with Gasteiger partial charge >= 0.3 is 7.12 Å². The van der Waals surface area contributed by atoms with Crippen molar-refractivity contribution in [2.24, 2.45) is 0 Å². The van der Waals surface area contributed by atoms with E-state index in [9.17, 15) is 14.8 Å². The third-order valence-corrected chi connectivity index (χ3v) is 5.28. The number of benzene rings is 2. The molecular formula is C24H28BClN6O5. The SMILES string of the molecule is C=CC(=O)Nc1cc(Nc2ncc(Cl)c(Nc3ccc(B(O)O)cc3)n2)c(OC)cc1OCCN(C)C. The van der Waals surface area contributed by atoms with Gasteiger partial charge in [0, 0.05) is 18.3 Å². The molecule has 0 bridgehead atoms. The molecule has 194 valence electrons. The third-order valence-electron chi connectivity index (χ3n) is 5.00. The number of aromatic nitrogens is 2. The molecule has 1 amide bonds. The lowest BCUT2D eigenvalue weighted by molar-refractivity contribution is -0.111. The van der Waals surface area contributed by atoms with Crippen LogP contribution in [0.4, 0.5) is 28.8 Å². The summed E-state index contributed by atoms with van der Waals surface area (Å²) in [6, 6.07) is 9.75. The zero-order valence-electron chi connectivity index (χ0n) is 20.7. The van der Waals surface area contributed by atoms with E-state index in [0.717, 1.165) is 6.08 Å². The van der Waals surface area contributed by atoms with Crippen LogP contribution in [-0.4, -0.2) is 72.3 Å². The number of likely N-dealkylation sites (N-methyl/N-ethyl adjacent to an activating group) is 1. The summed E-state index contributed by atoms with van der Waals surface area (Å²) in [4.78, 5) is 22.7. The van der Waals surface area contributed by atoms with E-state index < -0.39 is 13.0 Å². The number of nitrogens with zero attached hydrogens (tertiary/aromatic N) is 3. The van der Waals surface area contributed by atoms with Crippen molar-refractivity contribution >= 4 is 58.9 Å². The predicted molar refractivity (Wildman–Crippen MR) is 146 cm³/mol. The molecule has 0 saturated carbocycles. The van der Waals surface area contributed by atoms with Gasteiger partial charge in [0.05, 0.1) is 24.7 Å². The first-order chi connectivity index (χ1) is 17.7. The molecule has 3 aromatic rings. The van der Waals surface area contributed by atoms with Crippen molar-refractivity contribution < 1.29 is 24.3 Å². The lowest BCUT2D eigenvalue weighted by Crippen LogP contribution is -2.29. The second-order valence-electron chi connectivity index (χ2n) is 8.03. The third kappa shape index (κ3) is 7.82. The van der Waals surface area contributed by atoms with Gasteiger partial charge in [-0.3, -0.25) is 4.79 Å². The van der Waals surface area contributed by atoms with Crippen LogP contribution in [0, 0.1) is 0 Å². The summed E-state index contributed by atoms with van der Waals surface area (Å²) in [6.07, 6.45) is 2.59. The Morgan fingerprint density at radius 1 is 1.16 bits per heavy atom. The van der Waals surface area contributed by atoms with Crippen LogP contribution >= 0.6 is 11.6 Å². The molecule has 13 heteroatoms. The lowest BCUT2D eigenvalue weighted by atomic mass is 9.80. The standard InChI is InChI=1S/C24H28BClN6O5/c1-5-22(33)29-19-12-18(20(36-4)13-21(19)37-11-10-32(2)3)30-24-27-14-17(26)23(31-24)28-16-8-6-15(7-9-16)25(34)35/h5-9,12-14,34-35H,1,10-11H2,2-4H3,(H,29,33)(H2,27,28,30,31). The maximum absolute atomic E-state index is 12.0. The summed E-state index contributed by atoms with van der Waals surface area (Å²) < 4.78 is 11.4. The molecule has 5 N–H and O–H groups in total. The van der Waals surface area contributed by atoms with Gasteiger partial charge in [0.2, 0.25) is 11.9 Å². The van der Waals surface area contributed by atoms with E-state index in [1.165, 1.54) is 13.3 Å². The number of hydrogen-bond donors (Lipinski definition) is 5. The van der Waals surface area contributed by atoms with E-state index >= 15 is 0 Å². The van der Waals surface area contributed by atoms with Gasteiger partial charge in [-0.1, -0.05) is 30.3 Å².